The monoisotopic (exact) mass is 174 g/mol. The molecule has 0 N–H and O–H groups in total. The SMILES string of the molecule is CC(C)N(C(C)C)C(C)[B]Cl. The Morgan fingerprint density at radius 3 is 1.45 bits per heavy atom. The van der Waals surface area contributed by atoms with Gasteiger partial charge >= 0.3 is 0 Å². The Hall–Kier alpha value is 0.315. The fourth-order valence-corrected chi connectivity index (χ4v) is 1.73. The summed E-state index contributed by atoms with van der Waals surface area (Å²) in [5.41, 5.74) is 0. The second-order valence-electron chi connectivity index (χ2n) is 3.50. The molecule has 0 fully saturated rings. The average molecular weight is 175 g/mol. The van der Waals surface area contributed by atoms with Crippen LogP contribution in [0.25, 0.3) is 0 Å². The first-order valence-electron chi connectivity index (χ1n) is 4.21. The minimum atomic E-state index is 0.358. The molecule has 1 atom stereocenters. The number of hydrogen-bond donors (Lipinski definition) is 0. The second kappa shape index (κ2) is 5.05. The average Bonchev–Trinajstić information content (AvgIpc) is 1.85. The zero-order chi connectivity index (χ0) is 9.02. The quantitative estimate of drug-likeness (QED) is 0.591. The Kier molecular flexibility index (Phi) is 5.19. The van der Waals surface area contributed by atoms with Crippen LogP contribution < -0.4 is 0 Å². The minimum absolute atomic E-state index is 0.358. The van der Waals surface area contributed by atoms with Crippen LogP contribution in [0.2, 0.25) is 0 Å². The van der Waals surface area contributed by atoms with Gasteiger partial charge in [-0.25, -0.2) is 11.5 Å². The maximum atomic E-state index is 5.67. The fourth-order valence-electron chi connectivity index (χ4n) is 1.60. The lowest BCUT2D eigenvalue weighted by Gasteiger charge is -2.35. The molecule has 0 saturated carbocycles. The highest BCUT2D eigenvalue weighted by molar-refractivity contribution is 6.94. The van der Waals surface area contributed by atoms with Crippen molar-refractivity contribution in [1.29, 1.82) is 0 Å². The lowest BCUT2D eigenvalue weighted by Crippen LogP contribution is -2.45. The molecule has 3 heteroatoms. The van der Waals surface area contributed by atoms with Crippen molar-refractivity contribution in [3.8, 4) is 0 Å². The number of rotatable bonds is 4. The first kappa shape index (κ1) is 11.3. The third-order valence-electron chi connectivity index (χ3n) is 1.85. The molecule has 1 nitrogen and oxygen atoms in total. The molecule has 1 unspecified atom stereocenters. The summed E-state index contributed by atoms with van der Waals surface area (Å²) in [5.74, 6) is 0.358. The molecule has 11 heavy (non-hydrogen) atoms. The molecular weight excluding hydrogens is 156 g/mol. The lowest BCUT2D eigenvalue weighted by atomic mass is 9.92. The van der Waals surface area contributed by atoms with E-state index in [4.69, 9.17) is 11.5 Å². The summed E-state index contributed by atoms with van der Waals surface area (Å²) in [5, 5.41) is 0. The molecule has 0 amide bonds. The van der Waals surface area contributed by atoms with Crippen LogP contribution in [0.1, 0.15) is 34.6 Å². The van der Waals surface area contributed by atoms with Gasteiger partial charge in [-0.3, -0.25) is 0 Å². The zero-order valence-electron chi connectivity index (χ0n) is 8.13. The molecule has 0 aromatic carbocycles. The van der Waals surface area contributed by atoms with Gasteiger partial charge < -0.3 is 4.90 Å². The highest BCUT2D eigenvalue weighted by atomic mass is 35.5. The van der Waals surface area contributed by atoms with Gasteiger partial charge in [0.1, 0.15) is 0 Å². The first-order chi connectivity index (χ1) is 5.00. The van der Waals surface area contributed by atoms with Crippen LogP contribution in [0.5, 0.6) is 0 Å². The molecule has 0 aliphatic heterocycles. The number of hydrogen-bond acceptors (Lipinski definition) is 1. The molecule has 0 aromatic heterocycles. The largest absolute Gasteiger partial charge is 0.302 e. The third-order valence-corrected chi connectivity index (χ3v) is 2.21. The fraction of sp³-hybridized carbons (Fsp3) is 1.00. The topological polar surface area (TPSA) is 3.24 Å². The second-order valence-corrected chi connectivity index (χ2v) is 3.75. The standard InChI is InChI=1S/C8H18BClN/c1-6(2)11(7(3)4)8(5)9-10/h6-8H,1-5H3. The molecule has 0 rings (SSSR count). The molecule has 0 saturated heterocycles. The predicted octanol–water partition coefficient (Wildman–Crippen LogP) is 2.31. The van der Waals surface area contributed by atoms with E-state index in [2.05, 4.69) is 39.5 Å². The van der Waals surface area contributed by atoms with Crippen molar-refractivity contribution in [2.45, 2.75) is 52.6 Å². The number of halogens is 1. The summed E-state index contributed by atoms with van der Waals surface area (Å²) < 4.78 is 0. The van der Waals surface area contributed by atoms with Gasteiger partial charge in [-0.05, 0) is 33.6 Å². The van der Waals surface area contributed by atoms with Crippen LogP contribution in [-0.2, 0) is 0 Å². The summed E-state index contributed by atoms with van der Waals surface area (Å²) in [7, 11) is 0. The molecule has 0 heterocycles. The molecule has 65 valence electrons. The Bertz CT molecular complexity index is 98.3. The van der Waals surface area contributed by atoms with Gasteiger partial charge in [0.15, 0.2) is 0 Å². The summed E-state index contributed by atoms with van der Waals surface area (Å²) in [6.45, 7) is 12.6. The van der Waals surface area contributed by atoms with Gasteiger partial charge in [-0.1, -0.05) is 6.92 Å². The maximum absolute atomic E-state index is 5.67. The van der Waals surface area contributed by atoms with Crippen LogP contribution in [0.3, 0.4) is 0 Å². The smallest absolute Gasteiger partial charge is 0.257 e. The summed E-state index contributed by atoms with van der Waals surface area (Å²) in [4.78, 5) is 2.37. The van der Waals surface area contributed by atoms with Crippen molar-refractivity contribution >= 4 is 18.2 Å². The van der Waals surface area contributed by atoms with E-state index in [1.54, 1.807) is 6.69 Å². The van der Waals surface area contributed by atoms with Gasteiger partial charge in [0.05, 0.1) is 0 Å². The van der Waals surface area contributed by atoms with Crippen LogP contribution >= 0.6 is 11.5 Å². The Labute approximate surface area is 76.3 Å². The van der Waals surface area contributed by atoms with Crippen molar-refractivity contribution in [2.75, 3.05) is 0 Å². The van der Waals surface area contributed by atoms with E-state index in [0.29, 0.717) is 18.0 Å². The van der Waals surface area contributed by atoms with E-state index in [1.807, 2.05) is 0 Å². The maximum Gasteiger partial charge on any atom is 0.257 e. The molecule has 0 aliphatic carbocycles. The highest BCUT2D eigenvalue weighted by Gasteiger charge is 2.19. The minimum Gasteiger partial charge on any atom is -0.302 e. The van der Waals surface area contributed by atoms with E-state index in [-0.39, 0.29) is 0 Å². The van der Waals surface area contributed by atoms with Crippen LogP contribution in [-0.4, -0.2) is 29.6 Å². The van der Waals surface area contributed by atoms with E-state index in [1.165, 1.54) is 0 Å². The molecule has 1 radical (unpaired) electrons. The van der Waals surface area contributed by atoms with Gasteiger partial charge in [0.25, 0.3) is 6.69 Å². The molecule has 0 spiro atoms. The van der Waals surface area contributed by atoms with Crippen molar-refractivity contribution in [3.63, 3.8) is 0 Å². The van der Waals surface area contributed by atoms with E-state index >= 15 is 0 Å². The van der Waals surface area contributed by atoms with Gasteiger partial charge in [0.2, 0.25) is 0 Å². The van der Waals surface area contributed by atoms with E-state index in [0.717, 1.165) is 0 Å². The zero-order valence-corrected chi connectivity index (χ0v) is 8.89. The van der Waals surface area contributed by atoms with E-state index < -0.39 is 0 Å². The van der Waals surface area contributed by atoms with Crippen molar-refractivity contribution < 1.29 is 0 Å². The van der Waals surface area contributed by atoms with Crippen molar-refractivity contribution in [3.05, 3.63) is 0 Å². The third kappa shape index (κ3) is 3.48. The van der Waals surface area contributed by atoms with Crippen LogP contribution in [0.15, 0.2) is 0 Å². The highest BCUT2D eigenvalue weighted by Crippen LogP contribution is 2.10. The van der Waals surface area contributed by atoms with Crippen molar-refractivity contribution in [2.24, 2.45) is 0 Å². The summed E-state index contributed by atoms with van der Waals surface area (Å²) in [6, 6.07) is 1.11. The normalized spacial score (nSPS) is 14.6. The first-order valence-corrected chi connectivity index (χ1v) is 4.65. The molecule has 0 bridgehead atoms. The summed E-state index contributed by atoms with van der Waals surface area (Å²) >= 11 is 5.67. The number of nitrogens with zero attached hydrogens (tertiary/aromatic N) is 1. The van der Waals surface area contributed by atoms with Crippen LogP contribution in [0.4, 0.5) is 0 Å². The molecule has 0 aromatic rings. The Balaban J connectivity index is 4.09. The Morgan fingerprint density at radius 2 is 1.36 bits per heavy atom. The van der Waals surface area contributed by atoms with Crippen LogP contribution in [0, 0.1) is 0 Å². The van der Waals surface area contributed by atoms with Gasteiger partial charge in [-0.2, -0.15) is 0 Å². The van der Waals surface area contributed by atoms with Gasteiger partial charge in [0, 0.05) is 12.1 Å². The molecular formula is C8H18BClN. The summed E-state index contributed by atoms with van der Waals surface area (Å²) in [6.07, 6.45) is 0. The predicted molar refractivity (Wildman–Crippen MR) is 53.2 cm³/mol. The Morgan fingerprint density at radius 1 is 1.00 bits per heavy atom. The van der Waals surface area contributed by atoms with Crippen molar-refractivity contribution in [1.82, 2.24) is 4.90 Å². The molecule has 0 aliphatic rings. The van der Waals surface area contributed by atoms with Gasteiger partial charge in [-0.15, -0.1) is 0 Å². The lowest BCUT2D eigenvalue weighted by molar-refractivity contribution is 0.163. The van der Waals surface area contributed by atoms with E-state index in [9.17, 15) is 0 Å².